The molecule has 3 N–H and O–H groups in total. The number of rotatable bonds is 8. The van der Waals surface area contributed by atoms with Crippen molar-refractivity contribution < 1.29 is 29.0 Å². The summed E-state index contributed by atoms with van der Waals surface area (Å²) in [6, 6.07) is 15.2. The molecule has 8 nitrogen and oxygen atoms in total. The van der Waals surface area contributed by atoms with E-state index in [4.69, 9.17) is 9.47 Å². The SMILES string of the molecule is O=C(NC1(C(=O)NC(CC2CC2)C(=O)O)CCOCC1)OCC1c2ccccc2-c2ccccc21. The highest BCUT2D eigenvalue weighted by molar-refractivity contribution is 5.93. The van der Waals surface area contributed by atoms with Crippen LogP contribution >= 0.6 is 0 Å². The number of alkyl carbamates (subject to hydrolysis) is 1. The molecule has 1 aliphatic heterocycles. The molecule has 0 bridgehead atoms. The van der Waals surface area contributed by atoms with Gasteiger partial charge < -0.3 is 25.2 Å². The zero-order valence-corrected chi connectivity index (χ0v) is 19.5. The lowest BCUT2D eigenvalue weighted by molar-refractivity contribution is -0.144. The van der Waals surface area contributed by atoms with Crippen LogP contribution in [0.3, 0.4) is 0 Å². The molecule has 1 atom stereocenters. The number of carbonyl (C=O) groups is 3. The maximum absolute atomic E-state index is 13.3. The standard InChI is InChI=1S/C27H30N2O6/c30-24(31)23(15-17-9-10-17)28-25(32)27(11-13-34-14-12-27)29-26(33)35-16-22-20-7-3-1-5-18(20)19-6-2-4-8-21(19)22/h1-8,17,22-23H,9-16H2,(H,28,32)(H,29,33)(H,30,31). The van der Waals surface area contributed by atoms with Crippen molar-refractivity contribution in [3.8, 4) is 11.1 Å². The Labute approximate surface area is 204 Å². The van der Waals surface area contributed by atoms with Crippen molar-refractivity contribution in [1.29, 1.82) is 0 Å². The highest BCUT2D eigenvalue weighted by Gasteiger charge is 2.44. The van der Waals surface area contributed by atoms with Crippen molar-refractivity contribution in [3.63, 3.8) is 0 Å². The number of benzene rings is 2. The fourth-order valence-electron chi connectivity index (χ4n) is 5.16. The summed E-state index contributed by atoms with van der Waals surface area (Å²) in [5.74, 6) is -1.32. The first-order valence-electron chi connectivity index (χ1n) is 12.2. The van der Waals surface area contributed by atoms with Crippen molar-refractivity contribution in [1.82, 2.24) is 10.6 Å². The van der Waals surface area contributed by atoms with Crippen molar-refractivity contribution in [2.24, 2.45) is 5.92 Å². The van der Waals surface area contributed by atoms with E-state index in [1.807, 2.05) is 36.4 Å². The highest BCUT2D eigenvalue weighted by Crippen LogP contribution is 2.44. The molecule has 1 unspecified atom stereocenters. The topological polar surface area (TPSA) is 114 Å². The number of carbonyl (C=O) groups excluding carboxylic acids is 2. The Balaban J connectivity index is 1.27. The number of hydrogen-bond acceptors (Lipinski definition) is 5. The lowest BCUT2D eigenvalue weighted by Gasteiger charge is -2.36. The molecule has 1 saturated heterocycles. The Morgan fingerprint density at radius 1 is 1.00 bits per heavy atom. The summed E-state index contributed by atoms with van der Waals surface area (Å²) in [4.78, 5) is 37.9. The number of carboxylic acid groups (broad SMARTS) is 1. The zero-order chi connectivity index (χ0) is 24.4. The van der Waals surface area contributed by atoms with Gasteiger partial charge in [-0.3, -0.25) is 4.79 Å². The van der Waals surface area contributed by atoms with E-state index in [2.05, 4.69) is 22.8 Å². The summed E-state index contributed by atoms with van der Waals surface area (Å²) in [5, 5.41) is 15.0. The van der Waals surface area contributed by atoms with Gasteiger partial charge in [0.2, 0.25) is 5.91 Å². The lowest BCUT2D eigenvalue weighted by atomic mass is 9.88. The molecule has 5 rings (SSSR count). The molecule has 0 radical (unpaired) electrons. The molecule has 0 aromatic heterocycles. The summed E-state index contributed by atoms with van der Waals surface area (Å²) < 4.78 is 11.1. The average molecular weight is 479 g/mol. The van der Waals surface area contributed by atoms with Crippen molar-refractivity contribution in [2.75, 3.05) is 19.8 Å². The number of amides is 2. The van der Waals surface area contributed by atoms with Crippen molar-refractivity contribution in [3.05, 3.63) is 59.7 Å². The Bertz CT molecular complexity index is 1080. The second-order valence-corrected chi connectivity index (χ2v) is 9.69. The van der Waals surface area contributed by atoms with Gasteiger partial charge in [-0.25, -0.2) is 9.59 Å². The summed E-state index contributed by atoms with van der Waals surface area (Å²) >= 11 is 0. The highest BCUT2D eigenvalue weighted by atomic mass is 16.5. The van der Waals surface area contributed by atoms with Gasteiger partial charge in [0.15, 0.2) is 0 Å². The Morgan fingerprint density at radius 3 is 2.17 bits per heavy atom. The smallest absolute Gasteiger partial charge is 0.408 e. The van der Waals surface area contributed by atoms with E-state index in [1.54, 1.807) is 0 Å². The van der Waals surface area contributed by atoms with Crippen LogP contribution in [0.25, 0.3) is 11.1 Å². The predicted molar refractivity (Wildman–Crippen MR) is 128 cm³/mol. The fraction of sp³-hybridized carbons (Fsp3) is 0.444. The first kappa shape index (κ1) is 23.4. The molecule has 2 amide bonds. The van der Waals surface area contributed by atoms with Crippen LogP contribution < -0.4 is 10.6 Å². The van der Waals surface area contributed by atoms with E-state index in [-0.39, 0.29) is 38.6 Å². The quantitative estimate of drug-likeness (QED) is 0.536. The molecule has 8 heteroatoms. The van der Waals surface area contributed by atoms with Crippen LogP contribution in [0.15, 0.2) is 48.5 Å². The van der Waals surface area contributed by atoms with Crippen LogP contribution in [0, 0.1) is 5.92 Å². The predicted octanol–water partition coefficient (Wildman–Crippen LogP) is 3.44. The normalized spacial score (nSPS) is 19.2. The van der Waals surface area contributed by atoms with Crippen molar-refractivity contribution >= 4 is 18.0 Å². The van der Waals surface area contributed by atoms with Gasteiger partial charge in [0.25, 0.3) is 0 Å². The molecule has 2 fully saturated rings. The molecule has 35 heavy (non-hydrogen) atoms. The molecule has 3 aliphatic rings. The molecular weight excluding hydrogens is 448 g/mol. The number of hydrogen-bond donors (Lipinski definition) is 3. The summed E-state index contributed by atoms with van der Waals surface area (Å²) in [6.07, 6.45) is 2.17. The van der Waals surface area contributed by atoms with Crippen LogP contribution in [0.1, 0.15) is 49.1 Å². The van der Waals surface area contributed by atoms with E-state index in [9.17, 15) is 19.5 Å². The summed E-state index contributed by atoms with van der Waals surface area (Å²) in [6.45, 7) is 0.711. The molecule has 2 aliphatic carbocycles. The Morgan fingerprint density at radius 2 is 1.60 bits per heavy atom. The van der Waals surface area contributed by atoms with Gasteiger partial charge in [0.05, 0.1) is 0 Å². The van der Waals surface area contributed by atoms with Crippen LogP contribution in [-0.2, 0) is 19.1 Å². The van der Waals surface area contributed by atoms with Gasteiger partial charge in [0, 0.05) is 32.0 Å². The molecule has 1 heterocycles. The second-order valence-electron chi connectivity index (χ2n) is 9.69. The number of fused-ring (bicyclic) bond motifs is 3. The lowest BCUT2D eigenvalue weighted by Crippen LogP contribution is -2.63. The minimum Gasteiger partial charge on any atom is -0.480 e. The molecule has 0 spiro atoms. The average Bonchev–Trinajstić information content (AvgIpc) is 3.63. The molecule has 2 aromatic rings. The monoisotopic (exact) mass is 478 g/mol. The van der Waals surface area contributed by atoms with Gasteiger partial charge in [-0.2, -0.15) is 0 Å². The Kier molecular flexibility index (Phi) is 6.47. The zero-order valence-electron chi connectivity index (χ0n) is 19.5. The summed E-state index contributed by atoms with van der Waals surface area (Å²) in [5.41, 5.74) is 3.20. The van der Waals surface area contributed by atoms with Gasteiger partial charge in [-0.1, -0.05) is 61.4 Å². The molecule has 184 valence electrons. The largest absolute Gasteiger partial charge is 0.480 e. The number of carboxylic acids is 1. The van der Waals surface area contributed by atoms with E-state index in [1.165, 1.54) is 0 Å². The van der Waals surface area contributed by atoms with Crippen LogP contribution in [-0.4, -0.2) is 54.5 Å². The number of aliphatic carboxylic acids is 1. The van der Waals surface area contributed by atoms with Gasteiger partial charge in [0.1, 0.15) is 18.2 Å². The van der Waals surface area contributed by atoms with Crippen LogP contribution in [0.2, 0.25) is 0 Å². The van der Waals surface area contributed by atoms with Gasteiger partial charge in [-0.15, -0.1) is 0 Å². The Hall–Kier alpha value is -3.39. The van der Waals surface area contributed by atoms with Crippen LogP contribution in [0.5, 0.6) is 0 Å². The number of nitrogens with one attached hydrogen (secondary N) is 2. The number of ether oxygens (including phenoxy) is 2. The van der Waals surface area contributed by atoms with Gasteiger partial charge in [-0.05, 0) is 34.6 Å². The fourth-order valence-corrected chi connectivity index (χ4v) is 5.16. The first-order chi connectivity index (χ1) is 17.0. The van der Waals surface area contributed by atoms with Crippen molar-refractivity contribution in [2.45, 2.75) is 49.6 Å². The third-order valence-corrected chi connectivity index (χ3v) is 7.34. The van der Waals surface area contributed by atoms with E-state index < -0.39 is 29.6 Å². The van der Waals surface area contributed by atoms with Gasteiger partial charge >= 0.3 is 12.1 Å². The third-order valence-electron chi connectivity index (χ3n) is 7.34. The maximum Gasteiger partial charge on any atom is 0.408 e. The molecular formula is C27H30N2O6. The second kappa shape index (κ2) is 9.70. The van der Waals surface area contributed by atoms with Crippen LogP contribution in [0.4, 0.5) is 4.79 Å². The molecule has 2 aromatic carbocycles. The maximum atomic E-state index is 13.3. The minimum atomic E-state index is -1.27. The minimum absolute atomic E-state index is 0.0949. The summed E-state index contributed by atoms with van der Waals surface area (Å²) in [7, 11) is 0. The molecule has 1 saturated carbocycles. The first-order valence-corrected chi connectivity index (χ1v) is 12.2. The van der Waals surface area contributed by atoms with E-state index >= 15 is 0 Å². The van der Waals surface area contributed by atoms with E-state index in [0.717, 1.165) is 35.1 Å². The third kappa shape index (κ3) is 4.89. The van der Waals surface area contributed by atoms with E-state index in [0.29, 0.717) is 12.3 Å².